The van der Waals surface area contributed by atoms with Gasteiger partial charge in [-0.2, -0.15) is 5.10 Å². The molecule has 0 unspecified atom stereocenters. The van der Waals surface area contributed by atoms with Gasteiger partial charge in [-0.1, -0.05) is 30.3 Å². The summed E-state index contributed by atoms with van der Waals surface area (Å²) < 4.78 is 7.14. The van der Waals surface area contributed by atoms with Crippen LogP contribution in [0.1, 0.15) is 0 Å². The van der Waals surface area contributed by atoms with E-state index in [0.717, 1.165) is 28.8 Å². The molecule has 2 aromatic carbocycles. The standard InChI is InChI=1S/C16H13N3O3/c20-19(21)12-6-7-15-14(8-12)16(11-4-2-1-3-5-11)17-18(15)9-13-10-22-13/h1-8,13H,9-10H2/t13-/m1/s1. The highest BCUT2D eigenvalue weighted by atomic mass is 16.6. The number of nitro benzene ring substituents is 1. The van der Waals surface area contributed by atoms with Gasteiger partial charge in [-0.05, 0) is 6.07 Å². The molecule has 0 spiro atoms. The van der Waals surface area contributed by atoms with E-state index in [1.54, 1.807) is 12.1 Å². The third kappa shape index (κ3) is 2.23. The minimum absolute atomic E-state index is 0.0758. The molecule has 1 aliphatic heterocycles. The Morgan fingerprint density at radius 2 is 2.05 bits per heavy atom. The van der Waals surface area contributed by atoms with E-state index < -0.39 is 0 Å². The van der Waals surface area contributed by atoms with Gasteiger partial charge in [0.1, 0.15) is 11.8 Å². The number of hydrogen-bond acceptors (Lipinski definition) is 4. The molecule has 110 valence electrons. The number of nitrogens with zero attached hydrogens (tertiary/aromatic N) is 3. The molecule has 1 aliphatic rings. The molecule has 3 aromatic rings. The monoisotopic (exact) mass is 295 g/mol. The number of ether oxygens (including phenoxy) is 1. The smallest absolute Gasteiger partial charge is 0.270 e. The molecular weight excluding hydrogens is 282 g/mol. The first-order chi connectivity index (χ1) is 10.7. The van der Waals surface area contributed by atoms with Crippen molar-refractivity contribution in [2.24, 2.45) is 0 Å². The van der Waals surface area contributed by atoms with E-state index in [1.165, 1.54) is 6.07 Å². The quantitative estimate of drug-likeness (QED) is 0.421. The molecule has 4 rings (SSSR count). The summed E-state index contributed by atoms with van der Waals surface area (Å²) in [7, 11) is 0. The minimum Gasteiger partial charge on any atom is -0.371 e. The zero-order chi connectivity index (χ0) is 15.1. The van der Waals surface area contributed by atoms with Crippen molar-refractivity contribution in [3.8, 4) is 11.3 Å². The van der Waals surface area contributed by atoms with Crippen LogP contribution in [0.15, 0.2) is 48.5 Å². The summed E-state index contributed by atoms with van der Waals surface area (Å²) in [4.78, 5) is 10.7. The van der Waals surface area contributed by atoms with Crippen LogP contribution in [0.25, 0.3) is 22.2 Å². The summed E-state index contributed by atoms with van der Waals surface area (Å²) >= 11 is 0. The van der Waals surface area contributed by atoms with E-state index in [-0.39, 0.29) is 16.7 Å². The lowest BCUT2D eigenvalue weighted by Crippen LogP contribution is -2.05. The second-order valence-corrected chi connectivity index (χ2v) is 5.31. The van der Waals surface area contributed by atoms with E-state index >= 15 is 0 Å². The minimum atomic E-state index is -0.379. The summed E-state index contributed by atoms with van der Waals surface area (Å²) in [6.07, 6.45) is 0.196. The molecule has 1 fully saturated rings. The van der Waals surface area contributed by atoms with Gasteiger partial charge in [0.2, 0.25) is 0 Å². The maximum atomic E-state index is 11.0. The van der Waals surface area contributed by atoms with Gasteiger partial charge in [0.15, 0.2) is 0 Å². The molecule has 6 heteroatoms. The molecule has 22 heavy (non-hydrogen) atoms. The van der Waals surface area contributed by atoms with Crippen molar-refractivity contribution < 1.29 is 9.66 Å². The largest absolute Gasteiger partial charge is 0.371 e. The topological polar surface area (TPSA) is 73.5 Å². The van der Waals surface area contributed by atoms with Gasteiger partial charge in [0, 0.05) is 23.1 Å². The van der Waals surface area contributed by atoms with Crippen LogP contribution in [0, 0.1) is 10.1 Å². The zero-order valence-electron chi connectivity index (χ0n) is 11.7. The number of epoxide rings is 1. The molecule has 1 aromatic heterocycles. The maximum absolute atomic E-state index is 11.0. The van der Waals surface area contributed by atoms with Crippen molar-refractivity contribution in [2.75, 3.05) is 6.61 Å². The number of aromatic nitrogens is 2. The molecule has 0 saturated carbocycles. The predicted octanol–water partition coefficient (Wildman–Crippen LogP) is 3.01. The summed E-state index contributed by atoms with van der Waals surface area (Å²) in [5, 5.41) is 16.5. The van der Waals surface area contributed by atoms with E-state index in [2.05, 4.69) is 5.10 Å². The lowest BCUT2D eigenvalue weighted by Gasteiger charge is -1.99. The number of fused-ring (bicyclic) bond motifs is 1. The Hall–Kier alpha value is -2.73. The van der Waals surface area contributed by atoms with Crippen LogP contribution in [0.4, 0.5) is 5.69 Å². The fraction of sp³-hybridized carbons (Fsp3) is 0.188. The Morgan fingerprint density at radius 1 is 1.27 bits per heavy atom. The highest BCUT2D eigenvalue weighted by Crippen LogP contribution is 2.31. The van der Waals surface area contributed by atoms with Crippen molar-refractivity contribution in [1.82, 2.24) is 9.78 Å². The van der Waals surface area contributed by atoms with Gasteiger partial charge in [0.25, 0.3) is 5.69 Å². The molecule has 0 aliphatic carbocycles. The summed E-state index contributed by atoms with van der Waals surface area (Å²) in [6.45, 7) is 1.41. The second-order valence-electron chi connectivity index (χ2n) is 5.31. The molecule has 1 atom stereocenters. The zero-order valence-corrected chi connectivity index (χ0v) is 11.7. The van der Waals surface area contributed by atoms with Crippen LogP contribution in [-0.2, 0) is 11.3 Å². The SMILES string of the molecule is O=[N+]([O-])c1ccc2c(c1)c(-c1ccccc1)nn2C[C@@H]1CO1. The Morgan fingerprint density at radius 3 is 2.73 bits per heavy atom. The van der Waals surface area contributed by atoms with E-state index in [1.807, 2.05) is 35.0 Å². The van der Waals surface area contributed by atoms with Gasteiger partial charge in [0.05, 0.1) is 23.6 Å². The number of benzene rings is 2. The van der Waals surface area contributed by atoms with Crippen molar-refractivity contribution in [2.45, 2.75) is 12.6 Å². The molecule has 2 heterocycles. The van der Waals surface area contributed by atoms with E-state index in [0.29, 0.717) is 6.54 Å². The fourth-order valence-corrected chi connectivity index (χ4v) is 2.60. The summed E-state index contributed by atoms with van der Waals surface area (Å²) in [5.74, 6) is 0. The van der Waals surface area contributed by atoms with Gasteiger partial charge >= 0.3 is 0 Å². The van der Waals surface area contributed by atoms with E-state index in [9.17, 15) is 10.1 Å². The lowest BCUT2D eigenvalue weighted by atomic mass is 10.1. The van der Waals surface area contributed by atoms with Gasteiger partial charge in [-0.3, -0.25) is 14.8 Å². The van der Waals surface area contributed by atoms with E-state index in [4.69, 9.17) is 4.74 Å². The van der Waals surface area contributed by atoms with Gasteiger partial charge < -0.3 is 4.74 Å². The third-order valence-electron chi connectivity index (χ3n) is 3.77. The van der Waals surface area contributed by atoms with Crippen molar-refractivity contribution in [3.63, 3.8) is 0 Å². The average Bonchev–Trinajstić information content (AvgIpc) is 3.28. The number of non-ortho nitro benzene ring substituents is 1. The van der Waals surface area contributed by atoms with Crippen molar-refractivity contribution in [1.29, 1.82) is 0 Å². The first-order valence-electron chi connectivity index (χ1n) is 7.04. The molecule has 0 radical (unpaired) electrons. The third-order valence-corrected chi connectivity index (χ3v) is 3.77. The maximum Gasteiger partial charge on any atom is 0.270 e. The Labute approximate surface area is 126 Å². The van der Waals surface area contributed by atoms with Crippen LogP contribution >= 0.6 is 0 Å². The highest BCUT2D eigenvalue weighted by Gasteiger charge is 2.25. The molecular formula is C16H13N3O3. The molecule has 0 N–H and O–H groups in total. The molecule has 0 amide bonds. The first kappa shape index (κ1) is 13.0. The normalized spacial score (nSPS) is 16.8. The Kier molecular flexibility index (Phi) is 2.90. The van der Waals surface area contributed by atoms with Crippen LogP contribution < -0.4 is 0 Å². The van der Waals surface area contributed by atoms with Crippen LogP contribution in [0.5, 0.6) is 0 Å². The van der Waals surface area contributed by atoms with Gasteiger partial charge in [-0.15, -0.1) is 0 Å². The summed E-state index contributed by atoms with van der Waals surface area (Å²) in [5.41, 5.74) is 2.68. The number of rotatable bonds is 4. The van der Waals surface area contributed by atoms with Crippen molar-refractivity contribution in [3.05, 3.63) is 58.6 Å². The van der Waals surface area contributed by atoms with Crippen LogP contribution in [0.2, 0.25) is 0 Å². The number of hydrogen-bond donors (Lipinski definition) is 0. The lowest BCUT2D eigenvalue weighted by molar-refractivity contribution is -0.384. The average molecular weight is 295 g/mol. The van der Waals surface area contributed by atoms with Crippen molar-refractivity contribution >= 4 is 16.6 Å². The Balaban J connectivity index is 1.92. The summed E-state index contributed by atoms with van der Waals surface area (Å²) in [6, 6.07) is 14.6. The van der Waals surface area contributed by atoms with Crippen LogP contribution in [0.3, 0.4) is 0 Å². The highest BCUT2D eigenvalue weighted by molar-refractivity contribution is 5.94. The second kappa shape index (κ2) is 4.92. The fourth-order valence-electron chi connectivity index (χ4n) is 2.60. The van der Waals surface area contributed by atoms with Crippen LogP contribution in [-0.4, -0.2) is 27.4 Å². The molecule has 0 bridgehead atoms. The molecule has 1 saturated heterocycles. The van der Waals surface area contributed by atoms with Gasteiger partial charge in [-0.25, -0.2) is 0 Å². The first-order valence-corrected chi connectivity index (χ1v) is 7.04. The molecule has 6 nitrogen and oxygen atoms in total. The predicted molar refractivity (Wildman–Crippen MR) is 81.6 cm³/mol. The Bertz CT molecular complexity index is 854. The number of nitro groups is 1.